The highest BCUT2D eigenvalue weighted by atomic mass is 16.5. The number of carbonyl (C=O) groups excluding carboxylic acids is 1. The van der Waals surface area contributed by atoms with E-state index in [0.29, 0.717) is 17.6 Å². The van der Waals surface area contributed by atoms with E-state index in [4.69, 9.17) is 4.74 Å². The first-order valence-corrected chi connectivity index (χ1v) is 7.89. The second-order valence-electron chi connectivity index (χ2n) is 6.11. The van der Waals surface area contributed by atoms with Gasteiger partial charge >= 0.3 is 5.97 Å². The summed E-state index contributed by atoms with van der Waals surface area (Å²) in [5.41, 5.74) is 2.70. The van der Waals surface area contributed by atoms with Crippen LogP contribution in [0.25, 0.3) is 0 Å². The van der Waals surface area contributed by atoms with Crippen LogP contribution >= 0.6 is 0 Å². The second kappa shape index (κ2) is 6.06. The number of nitrogens with one attached hydrogen (secondary N) is 1. The fourth-order valence-electron chi connectivity index (χ4n) is 3.74. The Balaban J connectivity index is 1.77. The number of esters is 1. The Morgan fingerprint density at radius 3 is 2.95 bits per heavy atom. The number of benzene rings is 1. The highest BCUT2D eigenvalue weighted by molar-refractivity contribution is 5.92. The van der Waals surface area contributed by atoms with Gasteiger partial charge in [0.25, 0.3) is 0 Å². The predicted octanol–water partition coefficient (Wildman–Crippen LogP) is 2.82. The standard InChI is InChI=1S/C17H24N2O2/c1-12-13(17(20)21-2)6-5-7-14(12)18-15-9-11-19-10-4-3-8-16(15)19/h5-7,15-16,18H,3-4,8-11H2,1-2H3. The number of rotatable bonds is 3. The summed E-state index contributed by atoms with van der Waals surface area (Å²) in [5.74, 6) is -0.262. The SMILES string of the molecule is COC(=O)c1cccc(NC2CCN3CCCCC23)c1C. The number of piperidine rings is 1. The maximum Gasteiger partial charge on any atom is 0.338 e. The molecule has 4 heteroatoms. The van der Waals surface area contributed by atoms with Crippen LogP contribution in [0.5, 0.6) is 0 Å². The Hall–Kier alpha value is -1.55. The number of anilines is 1. The van der Waals surface area contributed by atoms with Crippen LogP contribution in [0.2, 0.25) is 0 Å². The molecule has 1 aromatic rings. The Kier molecular flexibility index (Phi) is 4.15. The Morgan fingerprint density at radius 2 is 2.14 bits per heavy atom. The molecule has 114 valence electrons. The van der Waals surface area contributed by atoms with Gasteiger partial charge in [0.05, 0.1) is 12.7 Å². The zero-order valence-electron chi connectivity index (χ0n) is 12.9. The molecule has 21 heavy (non-hydrogen) atoms. The number of methoxy groups -OCH3 is 1. The van der Waals surface area contributed by atoms with Gasteiger partial charge in [-0.25, -0.2) is 4.79 Å². The molecule has 2 fully saturated rings. The highest BCUT2D eigenvalue weighted by Gasteiger charge is 2.35. The molecule has 2 unspecified atom stereocenters. The van der Waals surface area contributed by atoms with Crippen LogP contribution in [0.1, 0.15) is 41.6 Å². The monoisotopic (exact) mass is 288 g/mol. The molecule has 4 nitrogen and oxygen atoms in total. The largest absolute Gasteiger partial charge is 0.465 e. The minimum Gasteiger partial charge on any atom is -0.465 e. The first-order valence-electron chi connectivity index (χ1n) is 7.89. The smallest absolute Gasteiger partial charge is 0.338 e. The van der Waals surface area contributed by atoms with Crippen LogP contribution < -0.4 is 5.32 Å². The van der Waals surface area contributed by atoms with Crippen molar-refractivity contribution in [1.82, 2.24) is 4.90 Å². The molecule has 0 spiro atoms. The van der Waals surface area contributed by atoms with Gasteiger partial charge in [-0.15, -0.1) is 0 Å². The average molecular weight is 288 g/mol. The van der Waals surface area contributed by atoms with Gasteiger partial charge in [0.2, 0.25) is 0 Å². The molecule has 2 aliphatic heterocycles. The second-order valence-corrected chi connectivity index (χ2v) is 6.11. The zero-order chi connectivity index (χ0) is 14.8. The van der Waals surface area contributed by atoms with Gasteiger partial charge in [-0.3, -0.25) is 4.90 Å². The lowest BCUT2D eigenvalue weighted by Gasteiger charge is -2.33. The summed E-state index contributed by atoms with van der Waals surface area (Å²) in [6.45, 7) is 4.42. The van der Waals surface area contributed by atoms with Gasteiger partial charge in [0.1, 0.15) is 0 Å². The van der Waals surface area contributed by atoms with E-state index in [-0.39, 0.29) is 5.97 Å². The normalized spacial score (nSPS) is 25.4. The quantitative estimate of drug-likeness (QED) is 0.868. The average Bonchev–Trinajstić information content (AvgIpc) is 2.92. The summed E-state index contributed by atoms with van der Waals surface area (Å²) in [6, 6.07) is 6.97. The van der Waals surface area contributed by atoms with E-state index in [1.807, 2.05) is 19.1 Å². The molecular formula is C17H24N2O2. The fraction of sp³-hybridized carbons (Fsp3) is 0.588. The maximum atomic E-state index is 11.8. The summed E-state index contributed by atoms with van der Waals surface area (Å²) in [7, 11) is 1.43. The topological polar surface area (TPSA) is 41.6 Å². The molecule has 1 aromatic carbocycles. The Morgan fingerprint density at radius 1 is 1.29 bits per heavy atom. The molecule has 0 bridgehead atoms. The van der Waals surface area contributed by atoms with Crippen molar-refractivity contribution < 1.29 is 9.53 Å². The summed E-state index contributed by atoms with van der Waals surface area (Å²) in [5, 5.41) is 3.68. The van der Waals surface area contributed by atoms with Crippen LogP contribution in [-0.4, -0.2) is 43.2 Å². The fourth-order valence-corrected chi connectivity index (χ4v) is 3.74. The molecule has 1 N–H and O–H groups in total. The third-order valence-corrected chi connectivity index (χ3v) is 4.94. The Labute approximate surface area is 126 Å². The van der Waals surface area contributed by atoms with Crippen molar-refractivity contribution in [3.8, 4) is 0 Å². The molecule has 0 amide bonds. The van der Waals surface area contributed by atoms with Crippen molar-refractivity contribution in [3.63, 3.8) is 0 Å². The number of nitrogens with zero attached hydrogens (tertiary/aromatic N) is 1. The lowest BCUT2D eigenvalue weighted by atomic mass is 9.98. The van der Waals surface area contributed by atoms with E-state index in [1.165, 1.54) is 45.9 Å². The zero-order valence-corrected chi connectivity index (χ0v) is 12.9. The molecule has 0 saturated carbocycles. The van der Waals surface area contributed by atoms with E-state index in [9.17, 15) is 4.79 Å². The molecule has 0 aromatic heterocycles. The van der Waals surface area contributed by atoms with Crippen LogP contribution in [0.15, 0.2) is 18.2 Å². The van der Waals surface area contributed by atoms with Crippen LogP contribution in [0, 0.1) is 6.92 Å². The van der Waals surface area contributed by atoms with E-state index in [2.05, 4.69) is 16.3 Å². The highest BCUT2D eigenvalue weighted by Crippen LogP contribution is 2.30. The van der Waals surface area contributed by atoms with E-state index in [1.54, 1.807) is 0 Å². The van der Waals surface area contributed by atoms with Crippen LogP contribution in [0.4, 0.5) is 5.69 Å². The summed E-state index contributed by atoms with van der Waals surface area (Å²) in [6.07, 6.45) is 5.14. The predicted molar refractivity (Wildman–Crippen MR) is 83.8 cm³/mol. The molecule has 0 aliphatic carbocycles. The number of carbonyl (C=O) groups is 1. The molecule has 2 atom stereocenters. The van der Waals surface area contributed by atoms with Crippen molar-refractivity contribution in [3.05, 3.63) is 29.3 Å². The van der Waals surface area contributed by atoms with Crippen molar-refractivity contribution >= 4 is 11.7 Å². The van der Waals surface area contributed by atoms with Gasteiger partial charge in [-0.2, -0.15) is 0 Å². The van der Waals surface area contributed by atoms with E-state index in [0.717, 1.165) is 11.3 Å². The minimum absolute atomic E-state index is 0.262. The van der Waals surface area contributed by atoms with Crippen LogP contribution in [-0.2, 0) is 4.74 Å². The molecule has 0 radical (unpaired) electrons. The van der Waals surface area contributed by atoms with Crippen molar-refractivity contribution in [1.29, 1.82) is 0 Å². The molecule has 2 saturated heterocycles. The summed E-state index contributed by atoms with van der Waals surface area (Å²) < 4.78 is 4.85. The van der Waals surface area contributed by atoms with Gasteiger partial charge < -0.3 is 10.1 Å². The number of hydrogen-bond donors (Lipinski definition) is 1. The van der Waals surface area contributed by atoms with Crippen LogP contribution in [0.3, 0.4) is 0 Å². The molecule has 2 heterocycles. The van der Waals surface area contributed by atoms with Crippen molar-refractivity contribution in [2.45, 2.75) is 44.7 Å². The lowest BCUT2D eigenvalue weighted by Crippen LogP contribution is -2.41. The van der Waals surface area contributed by atoms with Crippen molar-refractivity contribution in [2.24, 2.45) is 0 Å². The Bertz CT molecular complexity index is 530. The van der Waals surface area contributed by atoms with Gasteiger partial charge in [0.15, 0.2) is 0 Å². The van der Waals surface area contributed by atoms with Gasteiger partial charge in [0, 0.05) is 24.3 Å². The first kappa shape index (κ1) is 14.4. The molecular weight excluding hydrogens is 264 g/mol. The first-order chi connectivity index (χ1) is 10.2. The molecule has 2 aliphatic rings. The lowest BCUT2D eigenvalue weighted by molar-refractivity contribution is 0.0600. The summed E-state index contributed by atoms with van der Waals surface area (Å²) >= 11 is 0. The third kappa shape index (κ3) is 2.77. The maximum absolute atomic E-state index is 11.8. The van der Waals surface area contributed by atoms with E-state index >= 15 is 0 Å². The minimum atomic E-state index is -0.262. The number of fused-ring (bicyclic) bond motifs is 1. The van der Waals surface area contributed by atoms with E-state index < -0.39 is 0 Å². The van der Waals surface area contributed by atoms with Gasteiger partial charge in [-0.05, 0) is 50.4 Å². The third-order valence-electron chi connectivity index (χ3n) is 4.94. The number of ether oxygens (including phenoxy) is 1. The number of hydrogen-bond acceptors (Lipinski definition) is 4. The molecule has 3 rings (SSSR count). The van der Waals surface area contributed by atoms with Gasteiger partial charge in [-0.1, -0.05) is 12.5 Å². The summed E-state index contributed by atoms with van der Waals surface area (Å²) in [4.78, 5) is 14.4. The van der Waals surface area contributed by atoms with Crippen molar-refractivity contribution in [2.75, 3.05) is 25.5 Å².